The minimum absolute atomic E-state index is 0.0492. The van der Waals surface area contributed by atoms with Gasteiger partial charge in [-0.1, -0.05) is 11.6 Å². The number of carbonyl (C=O) groups excluding carboxylic acids is 1. The molecule has 9 heteroatoms. The summed E-state index contributed by atoms with van der Waals surface area (Å²) in [5.41, 5.74) is 0.0492. The zero-order valence-corrected chi connectivity index (χ0v) is 14.7. The number of carbonyl (C=O) groups is 1. The first kappa shape index (κ1) is 18.4. The summed E-state index contributed by atoms with van der Waals surface area (Å²) >= 11 is 9.04. The summed E-state index contributed by atoms with van der Waals surface area (Å²) in [6.07, 6.45) is 0.623. The Labute approximate surface area is 137 Å². The summed E-state index contributed by atoms with van der Waals surface area (Å²) < 4.78 is 28.1. The molecule has 1 unspecified atom stereocenters. The van der Waals surface area contributed by atoms with Crippen molar-refractivity contribution in [2.75, 3.05) is 13.7 Å². The van der Waals surface area contributed by atoms with Crippen LogP contribution >= 0.6 is 27.5 Å². The topological polar surface area (TPSA) is 98.5 Å². The molecular formula is C12H16BrClN2O4S. The van der Waals surface area contributed by atoms with E-state index in [4.69, 9.17) is 21.5 Å². The lowest BCUT2D eigenvalue weighted by molar-refractivity contribution is 0.0929. The zero-order chi connectivity index (χ0) is 16.2. The average Bonchev–Trinajstić information content (AvgIpc) is 2.34. The third-order valence-electron chi connectivity index (χ3n) is 2.71. The molecule has 1 atom stereocenters. The molecule has 0 aromatic heterocycles. The summed E-state index contributed by atoms with van der Waals surface area (Å²) in [4.78, 5) is 11.9. The van der Waals surface area contributed by atoms with Gasteiger partial charge in [-0.05, 0) is 41.4 Å². The zero-order valence-electron chi connectivity index (χ0n) is 11.5. The highest BCUT2D eigenvalue weighted by atomic mass is 79.9. The Morgan fingerprint density at radius 2 is 2.14 bits per heavy atom. The average molecular weight is 400 g/mol. The van der Waals surface area contributed by atoms with Crippen molar-refractivity contribution < 1.29 is 17.9 Å². The summed E-state index contributed by atoms with van der Waals surface area (Å²) in [7, 11) is -2.39. The van der Waals surface area contributed by atoms with Crippen molar-refractivity contribution in [2.24, 2.45) is 5.14 Å². The van der Waals surface area contributed by atoms with Gasteiger partial charge in [-0.3, -0.25) is 4.79 Å². The third kappa shape index (κ3) is 5.23. The molecule has 1 rings (SSSR count). The quantitative estimate of drug-likeness (QED) is 0.763. The lowest BCUT2D eigenvalue weighted by Gasteiger charge is -2.15. The fourth-order valence-corrected chi connectivity index (χ4v) is 3.60. The van der Waals surface area contributed by atoms with E-state index < -0.39 is 15.9 Å². The van der Waals surface area contributed by atoms with E-state index in [2.05, 4.69) is 21.2 Å². The Kier molecular flexibility index (Phi) is 6.61. The minimum atomic E-state index is -3.95. The van der Waals surface area contributed by atoms with Gasteiger partial charge < -0.3 is 10.1 Å². The lowest BCUT2D eigenvalue weighted by atomic mass is 10.2. The summed E-state index contributed by atoms with van der Waals surface area (Å²) in [6.45, 7) is 2.31. The van der Waals surface area contributed by atoms with Crippen molar-refractivity contribution in [3.05, 3.63) is 27.2 Å². The molecule has 0 aliphatic heterocycles. The number of rotatable bonds is 6. The number of primary sulfonamides is 1. The fraction of sp³-hybridized carbons (Fsp3) is 0.417. The first-order chi connectivity index (χ1) is 9.66. The van der Waals surface area contributed by atoms with Gasteiger partial charge in [0.15, 0.2) is 0 Å². The van der Waals surface area contributed by atoms with E-state index in [1.165, 1.54) is 6.07 Å². The van der Waals surface area contributed by atoms with Gasteiger partial charge in [-0.15, -0.1) is 0 Å². The van der Waals surface area contributed by atoms with Crippen molar-refractivity contribution in [1.29, 1.82) is 0 Å². The monoisotopic (exact) mass is 398 g/mol. The maximum absolute atomic E-state index is 12.1. The van der Waals surface area contributed by atoms with Gasteiger partial charge in [0.2, 0.25) is 10.0 Å². The third-order valence-corrected chi connectivity index (χ3v) is 4.89. The molecule has 3 N–H and O–H groups in total. The van der Waals surface area contributed by atoms with Gasteiger partial charge in [0.1, 0.15) is 0 Å². The number of halogens is 2. The summed E-state index contributed by atoms with van der Waals surface area (Å²) in [5.74, 6) is -0.471. The molecule has 0 aliphatic carbocycles. The largest absolute Gasteiger partial charge is 0.385 e. The standard InChI is InChI=1S/C12H16BrClN2O4S/c1-7(3-4-20-2)16-12(17)8-5-11(21(15,18)19)9(13)6-10(8)14/h5-7H,3-4H2,1-2H3,(H,16,17)(H2,15,18,19). The highest BCUT2D eigenvalue weighted by Gasteiger charge is 2.20. The van der Waals surface area contributed by atoms with Crippen molar-refractivity contribution >= 4 is 43.5 Å². The SMILES string of the molecule is COCCC(C)NC(=O)c1cc(S(N)(=O)=O)c(Br)cc1Cl. The van der Waals surface area contributed by atoms with Gasteiger partial charge in [0.05, 0.1) is 15.5 Å². The predicted molar refractivity (Wildman–Crippen MR) is 83.9 cm³/mol. The van der Waals surface area contributed by atoms with Crippen molar-refractivity contribution in [1.82, 2.24) is 5.32 Å². The number of amides is 1. The molecule has 0 fully saturated rings. The number of ether oxygens (including phenoxy) is 1. The number of nitrogens with one attached hydrogen (secondary N) is 1. The van der Waals surface area contributed by atoms with Crippen LogP contribution in [0.4, 0.5) is 0 Å². The van der Waals surface area contributed by atoms with E-state index in [0.717, 1.165) is 6.07 Å². The fourth-order valence-electron chi connectivity index (χ4n) is 1.59. The number of nitrogens with two attached hydrogens (primary N) is 1. The predicted octanol–water partition coefficient (Wildman–Crippen LogP) is 1.90. The van der Waals surface area contributed by atoms with Crippen LogP contribution in [0.25, 0.3) is 0 Å². The number of benzene rings is 1. The lowest BCUT2D eigenvalue weighted by Crippen LogP contribution is -2.33. The maximum atomic E-state index is 12.1. The minimum Gasteiger partial charge on any atom is -0.385 e. The molecule has 1 amide bonds. The van der Waals surface area contributed by atoms with Crippen molar-refractivity contribution in [2.45, 2.75) is 24.3 Å². The van der Waals surface area contributed by atoms with Crippen LogP contribution in [0, 0.1) is 0 Å². The van der Waals surface area contributed by atoms with E-state index in [-0.39, 0.29) is 26.0 Å². The second-order valence-electron chi connectivity index (χ2n) is 4.46. The highest BCUT2D eigenvalue weighted by Crippen LogP contribution is 2.28. The van der Waals surface area contributed by atoms with Crippen LogP contribution in [-0.4, -0.2) is 34.1 Å². The Morgan fingerprint density at radius 3 is 2.67 bits per heavy atom. The molecular weight excluding hydrogens is 384 g/mol. The molecule has 0 saturated carbocycles. The number of hydrogen-bond acceptors (Lipinski definition) is 4. The molecule has 1 aromatic rings. The van der Waals surface area contributed by atoms with Gasteiger partial charge >= 0.3 is 0 Å². The van der Waals surface area contributed by atoms with Crippen molar-refractivity contribution in [3.63, 3.8) is 0 Å². The molecule has 21 heavy (non-hydrogen) atoms. The molecule has 0 saturated heterocycles. The second kappa shape index (κ2) is 7.55. The molecule has 0 radical (unpaired) electrons. The Balaban J connectivity index is 3.05. The summed E-state index contributed by atoms with van der Waals surface area (Å²) in [6, 6.07) is 2.34. The first-order valence-corrected chi connectivity index (χ1v) is 8.70. The number of hydrogen-bond donors (Lipinski definition) is 2. The van der Waals surface area contributed by atoms with Gasteiger partial charge in [-0.2, -0.15) is 0 Å². The molecule has 0 spiro atoms. The van der Waals surface area contributed by atoms with Crippen LogP contribution < -0.4 is 10.5 Å². The van der Waals surface area contributed by atoms with Crippen LogP contribution in [0.3, 0.4) is 0 Å². The van der Waals surface area contributed by atoms with E-state index in [1.54, 1.807) is 7.11 Å². The van der Waals surface area contributed by atoms with Crippen LogP contribution in [0.5, 0.6) is 0 Å². The van der Waals surface area contributed by atoms with Gasteiger partial charge in [0.25, 0.3) is 5.91 Å². The van der Waals surface area contributed by atoms with E-state index in [0.29, 0.717) is 13.0 Å². The molecule has 0 bridgehead atoms. The van der Waals surface area contributed by atoms with E-state index >= 15 is 0 Å². The smallest absolute Gasteiger partial charge is 0.253 e. The number of sulfonamides is 1. The van der Waals surface area contributed by atoms with E-state index in [9.17, 15) is 13.2 Å². The van der Waals surface area contributed by atoms with Gasteiger partial charge in [-0.25, -0.2) is 13.6 Å². The maximum Gasteiger partial charge on any atom is 0.253 e. The summed E-state index contributed by atoms with van der Waals surface area (Å²) in [5, 5.41) is 7.94. The highest BCUT2D eigenvalue weighted by molar-refractivity contribution is 9.10. The Morgan fingerprint density at radius 1 is 1.52 bits per heavy atom. The van der Waals surface area contributed by atoms with Crippen LogP contribution in [-0.2, 0) is 14.8 Å². The van der Waals surface area contributed by atoms with Crippen molar-refractivity contribution in [3.8, 4) is 0 Å². The molecule has 118 valence electrons. The normalized spacial score (nSPS) is 13.0. The second-order valence-corrected chi connectivity index (χ2v) is 7.25. The van der Waals surface area contributed by atoms with Crippen LogP contribution in [0.15, 0.2) is 21.5 Å². The Hall–Kier alpha value is -0.670. The Bertz CT molecular complexity index is 636. The molecule has 0 heterocycles. The molecule has 6 nitrogen and oxygen atoms in total. The number of methoxy groups -OCH3 is 1. The van der Waals surface area contributed by atoms with Crippen LogP contribution in [0.2, 0.25) is 5.02 Å². The van der Waals surface area contributed by atoms with Gasteiger partial charge in [0, 0.05) is 24.2 Å². The molecule has 0 aliphatic rings. The molecule has 1 aromatic carbocycles. The first-order valence-electron chi connectivity index (χ1n) is 5.98. The van der Waals surface area contributed by atoms with E-state index in [1.807, 2.05) is 6.92 Å². The van der Waals surface area contributed by atoms with Crippen LogP contribution in [0.1, 0.15) is 23.7 Å².